The summed E-state index contributed by atoms with van der Waals surface area (Å²) in [4.78, 5) is 0. The fourth-order valence-electron chi connectivity index (χ4n) is 2.31. The summed E-state index contributed by atoms with van der Waals surface area (Å²) in [6, 6.07) is 14.4. The Morgan fingerprint density at radius 1 is 0.957 bits per heavy atom. The Morgan fingerprint density at radius 2 is 1.65 bits per heavy atom. The molecule has 0 aliphatic carbocycles. The van der Waals surface area contributed by atoms with Gasteiger partial charge in [0.1, 0.15) is 12.4 Å². The van der Waals surface area contributed by atoms with Crippen LogP contribution in [-0.2, 0) is 13.2 Å². The maximum Gasteiger partial charge on any atom is 0.148 e. The van der Waals surface area contributed by atoms with E-state index in [9.17, 15) is 0 Å². The van der Waals surface area contributed by atoms with E-state index in [4.69, 9.17) is 4.74 Å². The molecule has 0 atom stereocenters. The molecule has 2 aromatic rings. The van der Waals surface area contributed by atoms with E-state index in [1.165, 1.54) is 24.8 Å². The van der Waals surface area contributed by atoms with Crippen molar-refractivity contribution < 1.29 is 4.74 Å². The molecule has 0 saturated carbocycles. The Bertz CT molecular complexity index is 579. The van der Waals surface area contributed by atoms with Gasteiger partial charge in [-0.3, -0.25) is 0 Å². The zero-order chi connectivity index (χ0) is 16.5. The predicted molar refractivity (Wildman–Crippen MR) is 104 cm³/mol. The fraction of sp³-hybridized carbons (Fsp3) is 0.368. The monoisotopic (exact) mass is 439 g/mol. The molecule has 124 valence electrons. The first-order valence-electron chi connectivity index (χ1n) is 8.06. The van der Waals surface area contributed by atoms with E-state index < -0.39 is 0 Å². The molecule has 0 spiro atoms. The van der Waals surface area contributed by atoms with E-state index in [0.29, 0.717) is 6.61 Å². The van der Waals surface area contributed by atoms with Crippen LogP contribution in [0.2, 0.25) is 0 Å². The molecule has 2 rings (SSSR count). The summed E-state index contributed by atoms with van der Waals surface area (Å²) in [6.45, 7) is 4.73. The Morgan fingerprint density at radius 3 is 2.30 bits per heavy atom. The van der Waals surface area contributed by atoms with Gasteiger partial charge in [-0.25, -0.2) is 0 Å². The van der Waals surface area contributed by atoms with Crippen molar-refractivity contribution in [2.75, 3.05) is 6.54 Å². The number of benzene rings is 2. The largest absolute Gasteiger partial charge is 0.487 e. The Kier molecular flexibility index (Phi) is 8.13. The number of halogens is 2. The van der Waals surface area contributed by atoms with Crippen LogP contribution in [0.1, 0.15) is 37.3 Å². The highest BCUT2D eigenvalue weighted by Gasteiger charge is 2.09. The molecule has 0 unspecified atom stereocenters. The second kappa shape index (κ2) is 10.1. The fourth-order valence-corrected chi connectivity index (χ4v) is 3.82. The summed E-state index contributed by atoms with van der Waals surface area (Å²) < 4.78 is 7.91. The molecule has 1 N–H and O–H groups in total. The van der Waals surface area contributed by atoms with Crippen LogP contribution in [0.25, 0.3) is 0 Å². The van der Waals surface area contributed by atoms with Gasteiger partial charge in [0.25, 0.3) is 0 Å². The van der Waals surface area contributed by atoms with Crippen LogP contribution in [0, 0.1) is 0 Å². The molecule has 0 fully saturated rings. The van der Waals surface area contributed by atoms with Crippen molar-refractivity contribution in [3.05, 3.63) is 62.5 Å². The summed E-state index contributed by atoms with van der Waals surface area (Å²) in [6.07, 6.45) is 3.77. The average molecular weight is 441 g/mol. The molecule has 0 aliphatic rings. The third-order valence-corrected chi connectivity index (χ3v) is 4.75. The number of ether oxygens (including phenoxy) is 1. The molecule has 0 aliphatic heterocycles. The van der Waals surface area contributed by atoms with E-state index >= 15 is 0 Å². The number of nitrogens with one attached hydrogen (secondary N) is 1. The number of hydrogen-bond donors (Lipinski definition) is 1. The van der Waals surface area contributed by atoms with Crippen LogP contribution in [-0.4, -0.2) is 6.54 Å². The van der Waals surface area contributed by atoms with Gasteiger partial charge < -0.3 is 10.1 Å². The third-order valence-electron chi connectivity index (χ3n) is 3.57. The van der Waals surface area contributed by atoms with Crippen molar-refractivity contribution in [3.8, 4) is 5.75 Å². The maximum absolute atomic E-state index is 5.95. The summed E-state index contributed by atoms with van der Waals surface area (Å²) in [7, 11) is 0. The van der Waals surface area contributed by atoms with Gasteiger partial charge in [-0.2, -0.15) is 0 Å². The highest BCUT2D eigenvalue weighted by atomic mass is 79.9. The molecule has 0 radical (unpaired) electrons. The first kappa shape index (κ1) is 18.5. The second-order valence-electron chi connectivity index (χ2n) is 5.55. The lowest BCUT2D eigenvalue weighted by molar-refractivity contribution is 0.302. The van der Waals surface area contributed by atoms with Crippen LogP contribution in [0.5, 0.6) is 5.75 Å². The Balaban J connectivity index is 1.91. The first-order chi connectivity index (χ1) is 11.2. The van der Waals surface area contributed by atoms with Gasteiger partial charge in [-0.1, -0.05) is 50.1 Å². The highest BCUT2D eigenvalue weighted by Crippen LogP contribution is 2.35. The second-order valence-corrected chi connectivity index (χ2v) is 7.26. The Hall–Kier alpha value is -0.840. The van der Waals surface area contributed by atoms with Crippen molar-refractivity contribution >= 4 is 31.9 Å². The lowest BCUT2D eigenvalue weighted by Crippen LogP contribution is -2.14. The summed E-state index contributed by atoms with van der Waals surface area (Å²) in [5, 5.41) is 3.49. The van der Waals surface area contributed by atoms with Crippen LogP contribution < -0.4 is 10.1 Å². The first-order valence-corrected chi connectivity index (χ1v) is 9.64. The molecule has 0 bridgehead atoms. The van der Waals surface area contributed by atoms with Gasteiger partial charge in [0.15, 0.2) is 0 Å². The number of rotatable bonds is 9. The van der Waals surface area contributed by atoms with Gasteiger partial charge in [0.2, 0.25) is 0 Å². The molecular formula is C19H23Br2NO. The van der Waals surface area contributed by atoms with E-state index in [0.717, 1.165) is 33.3 Å². The van der Waals surface area contributed by atoms with E-state index in [2.05, 4.69) is 68.4 Å². The molecule has 0 saturated heterocycles. The zero-order valence-electron chi connectivity index (χ0n) is 13.4. The highest BCUT2D eigenvalue weighted by molar-refractivity contribution is 9.11. The standard InChI is InChI=1S/C19H23Br2NO/c1-2-3-7-10-22-13-16-11-17(20)19(18(21)12-16)23-14-15-8-5-4-6-9-15/h4-6,8-9,11-12,22H,2-3,7,10,13-14H2,1H3. The number of hydrogen-bond acceptors (Lipinski definition) is 2. The smallest absolute Gasteiger partial charge is 0.148 e. The molecule has 0 amide bonds. The average Bonchev–Trinajstić information content (AvgIpc) is 2.55. The topological polar surface area (TPSA) is 21.3 Å². The van der Waals surface area contributed by atoms with Gasteiger partial charge in [-0.05, 0) is 68.1 Å². The molecular weight excluding hydrogens is 418 g/mol. The lowest BCUT2D eigenvalue weighted by Gasteiger charge is -2.13. The lowest BCUT2D eigenvalue weighted by atomic mass is 10.2. The predicted octanol–water partition coefficient (Wildman–Crippen LogP) is 6.07. The molecule has 0 aromatic heterocycles. The molecule has 2 aromatic carbocycles. The van der Waals surface area contributed by atoms with E-state index in [-0.39, 0.29) is 0 Å². The minimum atomic E-state index is 0.562. The van der Waals surface area contributed by atoms with Gasteiger partial charge in [-0.15, -0.1) is 0 Å². The van der Waals surface area contributed by atoms with Crippen LogP contribution >= 0.6 is 31.9 Å². The van der Waals surface area contributed by atoms with Crippen molar-refractivity contribution in [3.63, 3.8) is 0 Å². The van der Waals surface area contributed by atoms with Crippen LogP contribution in [0.4, 0.5) is 0 Å². The van der Waals surface area contributed by atoms with Crippen LogP contribution in [0.3, 0.4) is 0 Å². The SMILES string of the molecule is CCCCCNCc1cc(Br)c(OCc2ccccc2)c(Br)c1. The minimum Gasteiger partial charge on any atom is -0.487 e. The third kappa shape index (κ3) is 6.28. The molecule has 2 nitrogen and oxygen atoms in total. The van der Waals surface area contributed by atoms with Crippen molar-refractivity contribution in [1.82, 2.24) is 5.32 Å². The van der Waals surface area contributed by atoms with E-state index in [1.807, 2.05) is 18.2 Å². The van der Waals surface area contributed by atoms with E-state index in [1.54, 1.807) is 0 Å². The maximum atomic E-state index is 5.95. The molecule has 4 heteroatoms. The zero-order valence-corrected chi connectivity index (χ0v) is 16.6. The Labute approximate surface area is 155 Å². The number of unbranched alkanes of at least 4 members (excludes halogenated alkanes) is 2. The summed E-state index contributed by atoms with van der Waals surface area (Å²) >= 11 is 7.25. The van der Waals surface area contributed by atoms with Crippen molar-refractivity contribution in [2.24, 2.45) is 0 Å². The normalized spacial score (nSPS) is 10.7. The van der Waals surface area contributed by atoms with Crippen molar-refractivity contribution in [2.45, 2.75) is 39.3 Å². The summed E-state index contributed by atoms with van der Waals surface area (Å²) in [5.41, 5.74) is 2.40. The molecule has 23 heavy (non-hydrogen) atoms. The van der Waals surface area contributed by atoms with Gasteiger partial charge in [0.05, 0.1) is 8.95 Å². The van der Waals surface area contributed by atoms with Crippen molar-refractivity contribution in [1.29, 1.82) is 0 Å². The molecule has 0 heterocycles. The minimum absolute atomic E-state index is 0.562. The van der Waals surface area contributed by atoms with Gasteiger partial charge in [0, 0.05) is 6.54 Å². The van der Waals surface area contributed by atoms with Crippen LogP contribution in [0.15, 0.2) is 51.4 Å². The summed E-state index contributed by atoms with van der Waals surface area (Å²) in [5.74, 6) is 0.851. The quantitative estimate of drug-likeness (QED) is 0.477. The van der Waals surface area contributed by atoms with Gasteiger partial charge >= 0.3 is 0 Å².